The van der Waals surface area contributed by atoms with Crippen molar-refractivity contribution in [3.8, 4) is 0 Å². The standard InChI is InChI=1S/C19H20N4O5S/c1-12-3-6-15(7-4-12)29(26,27)21-11-18(24)20-10-19(25)23-14-5-8-17-16(9-14)22-13(2)28-17/h3-9,21H,10-11H2,1-2H3,(H,20,24)(H,23,25). The second-order valence-electron chi connectivity index (χ2n) is 6.38. The molecule has 0 unspecified atom stereocenters. The Kier molecular flexibility index (Phi) is 5.95. The Balaban J connectivity index is 1.48. The summed E-state index contributed by atoms with van der Waals surface area (Å²) in [6, 6.07) is 11.2. The van der Waals surface area contributed by atoms with E-state index in [1.807, 2.05) is 6.92 Å². The Labute approximate surface area is 167 Å². The van der Waals surface area contributed by atoms with Crippen LogP contribution in [-0.2, 0) is 19.6 Å². The summed E-state index contributed by atoms with van der Waals surface area (Å²) in [7, 11) is -3.81. The maximum atomic E-state index is 12.2. The Morgan fingerprint density at radius 2 is 1.72 bits per heavy atom. The zero-order valence-corrected chi connectivity index (χ0v) is 16.7. The highest BCUT2D eigenvalue weighted by molar-refractivity contribution is 7.89. The van der Waals surface area contributed by atoms with Crippen molar-refractivity contribution in [1.29, 1.82) is 0 Å². The molecule has 152 valence electrons. The van der Waals surface area contributed by atoms with Crippen molar-refractivity contribution in [2.75, 3.05) is 18.4 Å². The molecule has 1 heterocycles. The van der Waals surface area contributed by atoms with Crippen LogP contribution in [0.3, 0.4) is 0 Å². The van der Waals surface area contributed by atoms with Crippen LogP contribution in [0, 0.1) is 13.8 Å². The monoisotopic (exact) mass is 416 g/mol. The predicted octanol–water partition coefficient (Wildman–Crippen LogP) is 1.48. The van der Waals surface area contributed by atoms with Gasteiger partial charge in [0.05, 0.1) is 18.0 Å². The summed E-state index contributed by atoms with van der Waals surface area (Å²) in [6.07, 6.45) is 0. The van der Waals surface area contributed by atoms with Crippen LogP contribution in [0.4, 0.5) is 5.69 Å². The van der Waals surface area contributed by atoms with Gasteiger partial charge in [0, 0.05) is 12.6 Å². The van der Waals surface area contributed by atoms with Crippen LogP contribution >= 0.6 is 0 Å². The van der Waals surface area contributed by atoms with E-state index in [-0.39, 0.29) is 11.4 Å². The zero-order valence-electron chi connectivity index (χ0n) is 15.9. The Hall–Kier alpha value is -3.24. The van der Waals surface area contributed by atoms with Crippen molar-refractivity contribution in [2.24, 2.45) is 0 Å². The average Bonchev–Trinajstić information content (AvgIpc) is 3.04. The van der Waals surface area contributed by atoms with Crippen LogP contribution in [0.1, 0.15) is 11.5 Å². The SMILES string of the molecule is Cc1ccc(S(=O)(=O)NCC(=O)NCC(=O)Nc2ccc3oc(C)nc3c2)cc1. The topological polar surface area (TPSA) is 130 Å². The van der Waals surface area contributed by atoms with E-state index < -0.39 is 28.4 Å². The number of sulfonamides is 1. The van der Waals surface area contributed by atoms with Crippen LogP contribution in [-0.4, -0.2) is 38.3 Å². The third-order valence-electron chi connectivity index (χ3n) is 3.98. The summed E-state index contributed by atoms with van der Waals surface area (Å²) in [6.45, 7) is 2.78. The van der Waals surface area contributed by atoms with E-state index in [0.29, 0.717) is 22.7 Å². The van der Waals surface area contributed by atoms with Gasteiger partial charge in [0.1, 0.15) is 5.52 Å². The number of rotatable bonds is 7. The van der Waals surface area contributed by atoms with E-state index in [1.54, 1.807) is 37.3 Å². The molecule has 0 bridgehead atoms. The number of hydrogen-bond donors (Lipinski definition) is 3. The third kappa shape index (κ3) is 5.39. The van der Waals surface area contributed by atoms with Crippen molar-refractivity contribution >= 4 is 38.6 Å². The van der Waals surface area contributed by atoms with E-state index in [4.69, 9.17) is 4.42 Å². The summed E-state index contributed by atoms with van der Waals surface area (Å²) >= 11 is 0. The highest BCUT2D eigenvalue weighted by atomic mass is 32.2. The van der Waals surface area contributed by atoms with Crippen molar-refractivity contribution in [3.63, 3.8) is 0 Å². The van der Waals surface area contributed by atoms with Crippen molar-refractivity contribution in [1.82, 2.24) is 15.0 Å². The number of oxazole rings is 1. The number of aryl methyl sites for hydroxylation is 2. The number of carbonyl (C=O) groups is 2. The molecule has 0 saturated heterocycles. The van der Waals surface area contributed by atoms with Gasteiger partial charge in [0.15, 0.2) is 11.5 Å². The van der Waals surface area contributed by atoms with E-state index in [1.165, 1.54) is 12.1 Å². The van der Waals surface area contributed by atoms with Crippen LogP contribution in [0.25, 0.3) is 11.1 Å². The van der Waals surface area contributed by atoms with Gasteiger partial charge in [0.2, 0.25) is 21.8 Å². The normalized spacial score (nSPS) is 11.4. The third-order valence-corrected chi connectivity index (χ3v) is 5.40. The number of amides is 2. The summed E-state index contributed by atoms with van der Waals surface area (Å²) in [5.74, 6) is -0.568. The molecule has 0 aliphatic heterocycles. The lowest BCUT2D eigenvalue weighted by Crippen LogP contribution is -2.40. The fourth-order valence-electron chi connectivity index (χ4n) is 2.53. The fourth-order valence-corrected chi connectivity index (χ4v) is 3.51. The first-order chi connectivity index (χ1) is 13.7. The van der Waals surface area contributed by atoms with Crippen LogP contribution in [0.5, 0.6) is 0 Å². The number of benzene rings is 2. The molecular weight excluding hydrogens is 396 g/mol. The van der Waals surface area contributed by atoms with Gasteiger partial charge in [-0.05, 0) is 37.3 Å². The predicted molar refractivity (Wildman–Crippen MR) is 107 cm³/mol. The average molecular weight is 416 g/mol. The van der Waals surface area contributed by atoms with E-state index in [0.717, 1.165) is 5.56 Å². The number of aromatic nitrogens is 1. The molecule has 3 aromatic rings. The van der Waals surface area contributed by atoms with Gasteiger partial charge < -0.3 is 15.1 Å². The quantitative estimate of drug-likeness (QED) is 0.535. The maximum absolute atomic E-state index is 12.2. The first-order valence-corrected chi connectivity index (χ1v) is 10.2. The second kappa shape index (κ2) is 8.41. The Morgan fingerprint density at radius 3 is 2.45 bits per heavy atom. The van der Waals surface area contributed by atoms with Gasteiger partial charge in [-0.15, -0.1) is 0 Å². The molecule has 0 radical (unpaired) electrons. The first-order valence-electron chi connectivity index (χ1n) is 8.73. The minimum Gasteiger partial charge on any atom is -0.441 e. The molecular formula is C19H20N4O5S. The number of hydrogen-bond acceptors (Lipinski definition) is 6. The molecule has 0 aliphatic carbocycles. The molecule has 1 aromatic heterocycles. The molecule has 29 heavy (non-hydrogen) atoms. The van der Waals surface area contributed by atoms with Crippen molar-refractivity contribution in [3.05, 3.63) is 53.9 Å². The second-order valence-corrected chi connectivity index (χ2v) is 8.14. The van der Waals surface area contributed by atoms with Gasteiger partial charge in [-0.3, -0.25) is 9.59 Å². The lowest BCUT2D eigenvalue weighted by Gasteiger charge is -2.09. The highest BCUT2D eigenvalue weighted by Crippen LogP contribution is 2.19. The van der Waals surface area contributed by atoms with Crippen LogP contribution in [0.15, 0.2) is 51.8 Å². The first kappa shape index (κ1) is 20.5. The van der Waals surface area contributed by atoms with Gasteiger partial charge in [-0.2, -0.15) is 0 Å². The Morgan fingerprint density at radius 1 is 1.00 bits per heavy atom. The summed E-state index contributed by atoms with van der Waals surface area (Å²) in [5, 5.41) is 4.99. The van der Waals surface area contributed by atoms with E-state index >= 15 is 0 Å². The molecule has 0 atom stereocenters. The molecule has 9 nitrogen and oxygen atoms in total. The number of anilines is 1. The van der Waals surface area contributed by atoms with Gasteiger partial charge >= 0.3 is 0 Å². The molecule has 10 heteroatoms. The molecule has 0 fully saturated rings. The number of nitrogens with one attached hydrogen (secondary N) is 3. The smallest absolute Gasteiger partial charge is 0.243 e. The molecule has 2 amide bonds. The van der Waals surface area contributed by atoms with E-state index in [9.17, 15) is 18.0 Å². The summed E-state index contributed by atoms with van der Waals surface area (Å²) in [5.41, 5.74) is 2.64. The number of fused-ring (bicyclic) bond motifs is 1. The zero-order chi connectivity index (χ0) is 21.0. The summed E-state index contributed by atoms with van der Waals surface area (Å²) in [4.78, 5) is 28.1. The Bertz CT molecular complexity index is 1150. The number of nitrogens with zero attached hydrogens (tertiary/aromatic N) is 1. The molecule has 0 aliphatic rings. The van der Waals surface area contributed by atoms with E-state index in [2.05, 4.69) is 20.3 Å². The fraction of sp³-hybridized carbons (Fsp3) is 0.211. The maximum Gasteiger partial charge on any atom is 0.243 e. The summed E-state index contributed by atoms with van der Waals surface area (Å²) < 4.78 is 31.9. The molecule has 0 saturated carbocycles. The van der Waals surface area contributed by atoms with Gasteiger partial charge in [-0.25, -0.2) is 18.1 Å². The minimum absolute atomic E-state index is 0.0622. The lowest BCUT2D eigenvalue weighted by atomic mass is 10.2. The molecule has 2 aromatic carbocycles. The highest BCUT2D eigenvalue weighted by Gasteiger charge is 2.15. The molecule has 0 spiro atoms. The van der Waals surface area contributed by atoms with Crippen LogP contribution < -0.4 is 15.4 Å². The molecule has 3 rings (SSSR count). The van der Waals surface area contributed by atoms with Crippen LogP contribution in [0.2, 0.25) is 0 Å². The van der Waals surface area contributed by atoms with Crippen molar-refractivity contribution < 1.29 is 22.4 Å². The van der Waals surface area contributed by atoms with Gasteiger partial charge in [-0.1, -0.05) is 17.7 Å². The van der Waals surface area contributed by atoms with Gasteiger partial charge in [0.25, 0.3) is 0 Å². The molecule has 3 N–H and O–H groups in total. The number of carbonyl (C=O) groups excluding carboxylic acids is 2. The largest absolute Gasteiger partial charge is 0.441 e. The van der Waals surface area contributed by atoms with Crippen molar-refractivity contribution in [2.45, 2.75) is 18.7 Å². The minimum atomic E-state index is -3.81. The lowest BCUT2D eigenvalue weighted by molar-refractivity contribution is -0.123.